The molecule has 1 unspecified atom stereocenters. The minimum absolute atomic E-state index is 0.0776. The number of allylic oxidation sites excluding steroid dienone is 2. The Balaban J connectivity index is 2.00. The molecule has 1 amide bonds. The molecule has 0 bridgehead atoms. The van der Waals surface area contributed by atoms with Gasteiger partial charge < -0.3 is 5.11 Å². The Morgan fingerprint density at radius 2 is 1.74 bits per heavy atom. The van der Waals surface area contributed by atoms with Crippen LogP contribution in [0.3, 0.4) is 0 Å². The first-order valence-electron chi connectivity index (χ1n) is 8.96. The molecule has 0 spiro atoms. The van der Waals surface area contributed by atoms with Gasteiger partial charge in [-0.1, -0.05) is 31.4 Å². The highest BCUT2D eigenvalue weighted by molar-refractivity contribution is 5.74. The van der Waals surface area contributed by atoms with Crippen LogP contribution in [0.1, 0.15) is 77.0 Å². The monoisotopic (exact) mass is 325 g/mol. The molecule has 0 aromatic rings. The van der Waals surface area contributed by atoms with Gasteiger partial charge in [-0.2, -0.15) is 0 Å². The van der Waals surface area contributed by atoms with Crippen molar-refractivity contribution >= 4 is 11.9 Å². The maximum Gasteiger partial charge on any atom is 0.303 e. The maximum absolute atomic E-state index is 11.7. The molecular weight excluding hydrogens is 294 g/mol. The molecule has 5 heteroatoms. The quantitative estimate of drug-likeness (QED) is 0.362. The highest BCUT2D eigenvalue weighted by Gasteiger charge is 2.10. The smallest absolute Gasteiger partial charge is 0.303 e. The zero-order valence-electron chi connectivity index (χ0n) is 14.1. The van der Waals surface area contributed by atoms with Gasteiger partial charge in [-0.15, -0.1) is 0 Å². The number of hydrogen-bond donors (Lipinski definition) is 2. The second-order valence-electron chi connectivity index (χ2n) is 6.34. The first-order valence-corrected chi connectivity index (χ1v) is 8.96. The van der Waals surface area contributed by atoms with E-state index in [0.29, 0.717) is 25.4 Å². The SMILES string of the molecule is O=C(O)CCCCCCC(=O)NOCC1CC/C=C\CCCC1. The van der Waals surface area contributed by atoms with E-state index in [1.807, 2.05) is 0 Å². The average Bonchev–Trinajstić information content (AvgIpc) is 2.64. The number of unbranched alkanes of at least 4 members (excludes halogenated alkanes) is 3. The van der Waals surface area contributed by atoms with Crippen molar-refractivity contribution in [2.75, 3.05) is 6.61 Å². The van der Waals surface area contributed by atoms with E-state index in [1.54, 1.807) is 0 Å². The Morgan fingerprint density at radius 1 is 1.00 bits per heavy atom. The molecule has 0 fully saturated rings. The second kappa shape index (κ2) is 13.1. The second-order valence-corrected chi connectivity index (χ2v) is 6.34. The van der Waals surface area contributed by atoms with Gasteiger partial charge in [-0.25, -0.2) is 5.48 Å². The van der Waals surface area contributed by atoms with E-state index in [-0.39, 0.29) is 12.3 Å². The van der Waals surface area contributed by atoms with Gasteiger partial charge in [0, 0.05) is 12.8 Å². The van der Waals surface area contributed by atoms with E-state index in [2.05, 4.69) is 17.6 Å². The molecular formula is C18H31NO4. The Bertz CT molecular complexity index is 368. The van der Waals surface area contributed by atoms with Gasteiger partial charge in [0.2, 0.25) is 5.91 Å². The van der Waals surface area contributed by atoms with Crippen LogP contribution < -0.4 is 5.48 Å². The molecule has 1 atom stereocenters. The van der Waals surface area contributed by atoms with E-state index in [4.69, 9.17) is 9.94 Å². The lowest BCUT2D eigenvalue weighted by Crippen LogP contribution is -2.26. The summed E-state index contributed by atoms with van der Waals surface area (Å²) < 4.78 is 0. The fourth-order valence-corrected chi connectivity index (χ4v) is 2.78. The van der Waals surface area contributed by atoms with Crippen LogP contribution in [0, 0.1) is 5.92 Å². The third-order valence-corrected chi connectivity index (χ3v) is 4.19. The van der Waals surface area contributed by atoms with Crippen molar-refractivity contribution in [3.8, 4) is 0 Å². The summed E-state index contributed by atoms with van der Waals surface area (Å²) in [6.07, 6.45) is 15.4. The van der Waals surface area contributed by atoms with Gasteiger partial charge in [0.15, 0.2) is 0 Å². The lowest BCUT2D eigenvalue weighted by atomic mass is 9.98. The predicted octanol–water partition coefficient (Wildman–Crippen LogP) is 3.99. The normalized spacial score (nSPS) is 20.1. The number of aliphatic carboxylic acids is 1. The molecule has 0 heterocycles. The molecule has 2 N–H and O–H groups in total. The zero-order chi connectivity index (χ0) is 16.8. The van der Waals surface area contributed by atoms with Crippen molar-refractivity contribution in [3.63, 3.8) is 0 Å². The van der Waals surface area contributed by atoms with Crippen LogP contribution >= 0.6 is 0 Å². The summed E-state index contributed by atoms with van der Waals surface area (Å²) in [7, 11) is 0. The summed E-state index contributed by atoms with van der Waals surface area (Å²) in [6.45, 7) is 0.595. The van der Waals surface area contributed by atoms with Crippen molar-refractivity contribution in [1.29, 1.82) is 0 Å². The summed E-state index contributed by atoms with van der Waals surface area (Å²) in [5.41, 5.74) is 2.54. The number of hydroxylamine groups is 1. The van der Waals surface area contributed by atoms with Crippen molar-refractivity contribution in [2.45, 2.75) is 77.0 Å². The van der Waals surface area contributed by atoms with Gasteiger partial charge in [-0.3, -0.25) is 14.4 Å². The molecule has 1 aliphatic carbocycles. The average molecular weight is 325 g/mol. The van der Waals surface area contributed by atoms with E-state index in [0.717, 1.165) is 32.1 Å². The zero-order valence-corrected chi connectivity index (χ0v) is 14.1. The minimum atomic E-state index is -0.753. The molecule has 0 aromatic carbocycles. The first-order chi connectivity index (χ1) is 11.2. The molecule has 0 aromatic heterocycles. The number of carbonyl (C=O) groups excluding carboxylic acids is 1. The summed E-state index contributed by atoms with van der Waals surface area (Å²) in [6, 6.07) is 0. The molecule has 0 saturated heterocycles. The van der Waals surface area contributed by atoms with Gasteiger partial charge in [-0.05, 0) is 50.9 Å². The van der Waals surface area contributed by atoms with Crippen LogP contribution in [0.15, 0.2) is 12.2 Å². The number of hydrogen-bond acceptors (Lipinski definition) is 3. The predicted molar refractivity (Wildman–Crippen MR) is 89.8 cm³/mol. The third kappa shape index (κ3) is 11.8. The number of carboxylic acids is 1. The lowest BCUT2D eigenvalue weighted by Gasteiger charge is -2.15. The summed E-state index contributed by atoms with van der Waals surface area (Å²) in [5, 5.41) is 8.53. The Morgan fingerprint density at radius 3 is 2.52 bits per heavy atom. The van der Waals surface area contributed by atoms with Crippen LogP contribution in [0.2, 0.25) is 0 Å². The molecule has 132 valence electrons. The minimum Gasteiger partial charge on any atom is -0.481 e. The molecule has 0 aliphatic heterocycles. The topological polar surface area (TPSA) is 75.6 Å². The Kier molecular flexibility index (Phi) is 11.2. The van der Waals surface area contributed by atoms with E-state index < -0.39 is 5.97 Å². The standard InChI is InChI=1S/C18H31NO4/c20-17(13-9-5-6-10-14-18(21)22)19-23-15-16-11-7-3-1-2-4-8-12-16/h1,3,16H,2,4-15H2,(H,19,20)(H,21,22)/b3-1-. The van der Waals surface area contributed by atoms with Crippen LogP contribution in [-0.2, 0) is 14.4 Å². The third-order valence-electron chi connectivity index (χ3n) is 4.19. The largest absolute Gasteiger partial charge is 0.481 e. The van der Waals surface area contributed by atoms with Crippen molar-refractivity contribution in [2.24, 2.45) is 5.92 Å². The lowest BCUT2D eigenvalue weighted by molar-refractivity contribution is -0.137. The van der Waals surface area contributed by atoms with E-state index in [1.165, 1.54) is 25.7 Å². The summed E-state index contributed by atoms with van der Waals surface area (Å²) in [5.74, 6) is -0.309. The molecule has 0 radical (unpaired) electrons. The molecule has 0 saturated carbocycles. The summed E-state index contributed by atoms with van der Waals surface area (Å²) >= 11 is 0. The fourth-order valence-electron chi connectivity index (χ4n) is 2.78. The first kappa shape index (κ1) is 19.7. The molecule has 1 aliphatic rings. The Labute approximate surface area is 139 Å². The van der Waals surface area contributed by atoms with Gasteiger partial charge in [0.1, 0.15) is 0 Å². The van der Waals surface area contributed by atoms with Crippen molar-refractivity contribution < 1.29 is 19.5 Å². The van der Waals surface area contributed by atoms with E-state index in [9.17, 15) is 9.59 Å². The molecule has 23 heavy (non-hydrogen) atoms. The number of nitrogens with one attached hydrogen (secondary N) is 1. The summed E-state index contributed by atoms with van der Waals surface area (Å²) in [4.78, 5) is 27.4. The number of rotatable bonds is 10. The van der Waals surface area contributed by atoms with E-state index >= 15 is 0 Å². The van der Waals surface area contributed by atoms with Gasteiger partial charge >= 0.3 is 5.97 Å². The molecule has 1 rings (SSSR count). The Hall–Kier alpha value is -1.36. The highest BCUT2D eigenvalue weighted by Crippen LogP contribution is 2.18. The maximum atomic E-state index is 11.7. The van der Waals surface area contributed by atoms with Crippen LogP contribution in [0.5, 0.6) is 0 Å². The van der Waals surface area contributed by atoms with Crippen molar-refractivity contribution in [3.05, 3.63) is 12.2 Å². The van der Waals surface area contributed by atoms with Crippen LogP contribution in [0.25, 0.3) is 0 Å². The van der Waals surface area contributed by atoms with Crippen LogP contribution in [-0.4, -0.2) is 23.6 Å². The van der Waals surface area contributed by atoms with Crippen molar-refractivity contribution in [1.82, 2.24) is 5.48 Å². The van der Waals surface area contributed by atoms with Gasteiger partial charge in [0.05, 0.1) is 6.61 Å². The fraction of sp³-hybridized carbons (Fsp3) is 0.778. The van der Waals surface area contributed by atoms with Crippen LogP contribution in [0.4, 0.5) is 0 Å². The highest BCUT2D eigenvalue weighted by atomic mass is 16.6. The number of carboxylic acid groups (broad SMARTS) is 1. The molecule has 5 nitrogen and oxygen atoms in total. The number of amides is 1. The number of carbonyl (C=O) groups is 2. The van der Waals surface area contributed by atoms with Gasteiger partial charge in [0.25, 0.3) is 0 Å².